The molecule has 2 rings (SSSR count). The van der Waals surface area contributed by atoms with Crippen LogP contribution in [-0.4, -0.2) is 11.6 Å². The Labute approximate surface area is 114 Å². The Hall–Kier alpha value is -1.86. The summed E-state index contributed by atoms with van der Waals surface area (Å²) >= 11 is 3.33. The summed E-state index contributed by atoms with van der Waals surface area (Å²) in [6.07, 6.45) is 4.33. The molecule has 0 saturated heterocycles. The van der Waals surface area contributed by atoms with Crippen molar-refractivity contribution in [2.75, 3.05) is 6.61 Å². The molecule has 0 amide bonds. The summed E-state index contributed by atoms with van der Waals surface area (Å²) in [5.41, 5.74) is 1.66. The second-order valence-electron chi connectivity index (χ2n) is 3.71. The van der Waals surface area contributed by atoms with Crippen LogP contribution in [0.2, 0.25) is 0 Å². The van der Waals surface area contributed by atoms with Gasteiger partial charge in [-0.05, 0) is 29.8 Å². The summed E-state index contributed by atoms with van der Waals surface area (Å²) in [7, 11) is 0. The predicted octanol–water partition coefficient (Wildman–Crippen LogP) is 3.34. The average molecular weight is 303 g/mol. The number of aromatic nitrogens is 1. The number of halogens is 1. The van der Waals surface area contributed by atoms with Crippen molar-refractivity contribution in [2.45, 2.75) is 6.42 Å². The van der Waals surface area contributed by atoms with Crippen LogP contribution in [0.5, 0.6) is 5.75 Å². The zero-order chi connectivity index (χ0) is 12.8. The minimum absolute atomic E-state index is 0.530. The van der Waals surface area contributed by atoms with E-state index < -0.39 is 0 Å². The van der Waals surface area contributed by atoms with Gasteiger partial charge in [-0.25, -0.2) is 0 Å². The number of hydrogen-bond donors (Lipinski definition) is 0. The van der Waals surface area contributed by atoms with E-state index in [2.05, 4.69) is 27.0 Å². The topological polar surface area (TPSA) is 45.9 Å². The number of pyridine rings is 1. The molecule has 1 aromatic heterocycles. The summed E-state index contributed by atoms with van der Waals surface area (Å²) < 4.78 is 6.49. The first-order chi connectivity index (χ1) is 8.79. The molecule has 1 heterocycles. The lowest BCUT2D eigenvalue weighted by atomic mass is 10.2. The monoisotopic (exact) mass is 302 g/mol. The third-order valence-electron chi connectivity index (χ3n) is 2.43. The summed E-state index contributed by atoms with van der Waals surface area (Å²) in [6.45, 7) is 0.530. The number of rotatable bonds is 4. The van der Waals surface area contributed by atoms with E-state index >= 15 is 0 Å². The Bertz CT molecular complexity index is 564. The molecule has 0 spiro atoms. The van der Waals surface area contributed by atoms with Gasteiger partial charge in [0.2, 0.25) is 0 Å². The van der Waals surface area contributed by atoms with E-state index in [0.29, 0.717) is 17.9 Å². The van der Waals surface area contributed by atoms with Gasteiger partial charge in [0.25, 0.3) is 0 Å². The van der Waals surface area contributed by atoms with E-state index in [1.165, 1.54) is 0 Å². The quantitative estimate of drug-likeness (QED) is 0.870. The van der Waals surface area contributed by atoms with Crippen molar-refractivity contribution in [2.24, 2.45) is 0 Å². The van der Waals surface area contributed by atoms with Crippen molar-refractivity contribution in [3.63, 3.8) is 0 Å². The number of nitrogens with zero attached hydrogens (tertiary/aromatic N) is 2. The smallest absolute Gasteiger partial charge is 0.137 e. The second-order valence-corrected chi connectivity index (χ2v) is 4.63. The van der Waals surface area contributed by atoms with E-state index in [9.17, 15) is 0 Å². The third-order valence-corrected chi connectivity index (χ3v) is 2.93. The molecule has 0 aliphatic rings. The fourth-order valence-electron chi connectivity index (χ4n) is 1.54. The molecule has 0 radical (unpaired) electrons. The van der Waals surface area contributed by atoms with E-state index in [1.807, 2.05) is 24.4 Å². The second kappa shape index (κ2) is 6.18. The zero-order valence-corrected chi connectivity index (χ0v) is 11.2. The Morgan fingerprint density at radius 3 is 2.94 bits per heavy atom. The van der Waals surface area contributed by atoms with Crippen LogP contribution in [0.1, 0.15) is 11.1 Å². The molecule has 3 nitrogen and oxygen atoms in total. The highest BCUT2D eigenvalue weighted by molar-refractivity contribution is 9.10. The Kier molecular flexibility index (Phi) is 4.32. The maximum atomic E-state index is 9.00. The van der Waals surface area contributed by atoms with Gasteiger partial charge in [0.05, 0.1) is 12.2 Å². The SMILES string of the molecule is N#Cc1cc(Br)ccc1OCCc1cccnc1. The lowest BCUT2D eigenvalue weighted by molar-refractivity contribution is 0.321. The van der Waals surface area contributed by atoms with Crippen molar-refractivity contribution in [3.8, 4) is 11.8 Å². The molecule has 4 heteroatoms. The van der Waals surface area contributed by atoms with E-state index in [4.69, 9.17) is 10.00 Å². The predicted molar refractivity (Wildman–Crippen MR) is 72.3 cm³/mol. The highest BCUT2D eigenvalue weighted by Gasteiger charge is 2.03. The maximum Gasteiger partial charge on any atom is 0.137 e. The molecule has 0 atom stereocenters. The molecule has 18 heavy (non-hydrogen) atoms. The summed E-state index contributed by atoms with van der Waals surface area (Å²) in [5, 5.41) is 9.00. The summed E-state index contributed by atoms with van der Waals surface area (Å²) in [4.78, 5) is 4.04. The highest BCUT2D eigenvalue weighted by Crippen LogP contribution is 2.22. The molecular weight excluding hydrogens is 292 g/mol. The zero-order valence-electron chi connectivity index (χ0n) is 9.64. The molecule has 90 valence electrons. The standard InChI is InChI=1S/C14H11BrN2O/c15-13-3-4-14(12(8-13)9-16)18-7-5-11-2-1-6-17-10-11/h1-4,6,8,10H,5,7H2. The van der Waals surface area contributed by atoms with Crippen LogP contribution in [0.3, 0.4) is 0 Å². The number of benzene rings is 1. The fraction of sp³-hybridized carbons (Fsp3) is 0.143. The van der Waals surface area contributed by atoms with Gasteiger partial charge in [0, 0.05) is 23.3 Å². The normalized spacial score (nSPS) is 9.78. The molecule has 0 unspecified atom stereocenters. The average Bonchev–Trinajstić information content (AvgIpc) is 2.41. The first-order valence-corrected chi connectivity index (χ1v) is 6.30. The molecule has 0 fully saturated rings. The van der Waals surface area contributed by atoms with Gasteiger partial charge in [0.15, 0.2) is 0 Å². The minimum Gasteiger partial charge on any atom is -0.492 e. The van der Waals surface area contributed by atoms with E-state index in [-0.39, 0.29) is 0 Å². The molecule has 0 saturated carbocycles. The number of ether oxygens (including phenoxy) is 1. The van der Waals surface area contributed by atoms with Crippen LogP contribution in [0, 0.1) is 11.3 Å². The largest absolute Gasteiger partial charge is 0.492 e. The van der Waals surface area contributed by atoms with Crippen molar-refractivity contribution in [1.82, 2.24) is 4.98 Å². The number of nitriles is 1. The van der Waals surface area contributed by atoms with Crippen LogP contribution in [0.25, 0.3) is 0 Å². The van der Waals surface area contributed by atoms with Gasteiger partial charge in [0.1, 0.15) is 11.8 Å². The number of hydrogen-bond acceptors (Lipinski definition) is 3. The lowest BCUT2D eigenvalue weighted by Crippen LogP contribution is -2.02. The first kappa shape index (κ1) is 12.6. The maximum absolute atomic E-state index is 9.00. The molecule has 0 aliphatic heterocycles. The minimum atomic E-state index is 0.530. The van der Waals surface area contributed by atoms with Gasteiger partial charge in [-0.15, -0.1) is 0 Å². The van der Waals surface area contributed by atoms with Crippen LogP contribution in [-0.2, 0) is 6.42 Å². The molecule has 0 bridgehead atoms. The summed E-state index contributed by atoms with van der Waals surface area (Å²) in [5.74, 6) is 0.615. The van der Waals surface area contributed by atoms with Crippen LogP contribution < -0.4 is 4.74 Å². The van der Waals surface area contributed by atoms with Crippen LogP contribution >= 0.6 is 15.9 Å². The molecule has 2 aromatic rings. The molecule has 1 aromatic carbocycles. The van der Waals surface area contributed by atoms with Gasteiger partial charge in [-0.1, -0.05) is 22.0 Å². The van der Waals surface area contributed by atoms with Gasteiger partial charge >= 0.3 is 0 Å². The molecular formula is C14H11BrN2O. The molecule has 0 N–H and O–H groups in total. The first-order valence-electron chi connectivity index (χ1n) is 5.51. The van der Waals surface area contributed by atoms with E-state index in [0.717, 1.165) is 16.5 Å². The summed E-state index contributed by atoms with van der Waals surface area (Å²) in [6, 6.07) is 11.4. The van der Waals surface area contributed by atoms with Gasteiger partial charge in [-0.2, -0.15) is 5.26 Å². The highest BCUT2D eigenvalue weighted by atomic mass is 79.9. The van der Waals surface area contributed by atoms with Crippen LogP contribution in [0.4, 0.5) is 0 Å². The Morgan fingerprint density at radius 2 is 2.22 bits per heavy atom. The fourth-order valence-corrected chi connectivity index (χ4v) is 1.90. The van der Waals surface area contributed by atoms with E-state index in [1.54, 1.807) is 18.3 Å². The Morgan fingerprint density at radius 1 is 1.33 bits per heavy atom. The van der Waals surface area contributed by atoms with Crippen molar-refractivity contribution in [3.05, 3.63) is 58.3 Å². The third kappa shape index (κ3) is 3.31. The molecule has 0 aliphatic carbocycles. The van der Waals surface area contributed by atoms with Crippen molar-refractivity contribution < 1.29 is 4.74 Å². The van der Waals surface area contributed by atoms with Gasteiger partial charge < -0.3 is 4.74 Å². The van der Waals surface area contributed by atoms with Gasteiger partial charge in [-0.3, -0.25) is 4.98 Å². The lowest BCUT2D eigenvalue weighted by Gasteiger charge is -2.07. The van der Waals surface area contributed by atoms with Crippen molar-refractivity contribution in [1.29, 1.82) is 5.26 Å². The van der Waals surface area contributed by atoms with Crippen molar-refractivity contribution >= 4 is 15.9 Å². The Balaban J connectivity index is 1.97. The van der Waals surface area contributed by atoms with Crippen LogP contribution in [0.15, 0.2) is 47.2 Å².